The zero-order chi connectivity index (χ0) is 13.1. The average Bonchev–Trinajstić information content (AvgIpc) is 2.37. The lowest BCUT2D eigenvalue weighted by molar-refractivity contribution is -0.124. The van der Waals surface area contributed by atoms with Crippen molar-refractivity contribution in [1.29, 1.82) is 0 Å². The zero-order valence-corrected chi connectivity index (χ0v) is 10.7. The van der Waals surface area contributed by atoms with Gasteiger partial charge >= 0.3 is 0 Å². The summed E-state index contributed by atoms with van der Waals surface area (Å²) in [6.07, 6.45) is 0. The van der Waals surface area contributed by atoms with Gasteiger partial charge in [0.15, 0.2) is 5.11 Å². The average molecular weight is 263 g/mol. The molecule has 0 aliphatic carbocycles. The van der Waals surface area contributed by atoms with Crippen LogP contribution in [0.3, 0.4) is 0 Å². The van der Waals surface area contributed by atoms with Crippen molar-refractivity contribution in [1.82, 2.24) is 15.8 Å². The minimum absolute atomic E-state index is 0.120. The number of hydrogen-bond donors (Lipinski definition) is 2. The molecular weight excluding hydrogens is 250 g/mol. The van der Waals surface area contributed by atoms with Crippen molar-refractivity contribution in [3.63, 3.8) is 0 Å². The molecular formula is C12H13N3O2S. The lowest BCUT2D eigenvalue weighted by Crippen LogP contribution is -2.59. The number of amides is 2. The second-order valence-corrected chi connectivity index (χ2v) is 4.50. The van der Waals surface area contributed by atoms with Gasteiger partial charge in [0, 0.05) is 5.56 Å². The van der Waals surface area contributed by atoms with E-state index in [9.17, 15) is 9.59 Å². The first-order chi connectivity index (χ1) is 8.58. The minimum Gasteiger partial charge on any atom is -0.301 e. The number of thiocarbonyl (C=S) groups is 1. The van der Waals surface area contributed by atoms with Gasteiger partial charge in [-0.3, -0.25) is 20.0 Å². The van der Waals surface area contributed by atoms with Crippen LogP contribution in [0.1, 0.15) is 17.3 Å². The van der Waals surface area contributed by atoms with Crippen LogP contribution in [-0.2, 0) is 4.79 Å². The first kappa shape index (κ1) is 12.5. The van der Waals surface area contributed by atoms with Gasteiger partial charge in [-0.2, -0.15) is 0 Å². The predicted molar refractivity (Wildman–Crippen MR) is 70.5 cm³/mol. The van der Waals surface area contributed by atoms with Crippen LogP contribution < -0.4 is 10.7 Å². The van der Waals surface area contributed by atoms with E-state index in [1.807, 2.05) is 6.07 Å². The molecule has 1 aromatic rings. The molecule has 2 rings (SSSR count). The maximum Gasteiger partial charge on any atom is 0.269 e. The zero-order valence-electron chi connectivity index (χ0n) is 9.84. The summed E-state index contributed by atoms with van der Waals surface area (Å²) < 4.78 is 0. The summed E-state index contributed by atoms with van der Waals surface area (Å²) >= 11 is 5.00. The fourth-order valence-corrected chi connectivity index (χ4v) is 1.83. The number of hydrogen-bond acceptors (Lipinski definition) is 3. The van der Waals surface area contributed by atoms with Crippen molar-refractivity contribution in [2.45, 2.75) is 6.92 Å². The quantitative estimate of drug-likeness (QED) is 0.771. The summed E-state index contributed by atoms with van der Waals surface area (Å²) in [6.45, 7) is 2.15. The first-order valence-electron chi connectivity index (χ1n) is 5.56. The Hall–Kier alpha value is -1.95. The van der Waals surface area contributed by atoms with Gasteiger partial charge in [0.2, 0.25) is 5.91 Å². The van der Waals surface area contributed by atoms with Gasteiger partial charge in [-0.05, 0) is 24.4 Å². The Kier molecular flexibility index (Phi) is 3.57. The normalized spacial score (nSPS) is 19.4. The highest BCUT2D eigenvalue weighted by molar-refractivity contribution is 7.80. The van der Waals surface area contributed by atoms with Crippen LogP contribution in [0.4, 0.5) is 0 Å². The van der Waals surface area contributed by atoms with Gasteiger partial charge in [0.1, 0.15) is 0 Å². The Bertz CT molecular complexity index is 489. The molecule has 0 radical (unpaired) electrons. The van der Waals surface area contributed by atoms with Crippen LogP contribution >= 0.6 is 12.2 Å². The van der Waals surface area contributed by atoms with E-state index in [0.29, 0.717) is 12.1 Å². The molecule has 1 aromatic carbocycles. The molecule has 94 valence electrons. The van der Waals surface area contributed by atoms with E-state index in [2.05, 4.69) is 10.7 Å². The lowest BCUT2D eigenvalue weighted by atomic mass is 10.1. The number of nitrogens with zero attached hydrogens (tertiary/aromatic N) is 1. The van der Waals surface area contributed by atoms with Gasteiger partial charge in [-0.15, -0.1) is 0 Å². The van der Waals surface area contributed by atoms with Gasteiger partial charge in [-0.1, -0.05) is 25.1 Å². The summed E-state index contributed by atoms with van der Waals surface area (Å²) in [6, 6.07) is 8.83. The summed E-state index contributed by atoms with van der Waals surface area (Å²) in [7, 11) is 0. The Labute approximate surface area is 110 Å². The third kappa shape index (κ3) is 2.65. The lowest BCUT2D eigenvalue weighted by Gasteiger charge is -2.32. The summed E-state index contributed by atoms with van der Waals surface area (Å²) in [4.78, 5) is 23.3. The van der Waals surface area contributed by atoms with Crippen LogP contribution in [0.5, 0.6) is 0 Å². The van der Waals surface area contributed by atoms with Crippen molar-refractivity contribution >= 4 is 29.1 Å². The highest BCUT2D eigenvalue weighted by atomic mass is 32.1. The molecule has 0 spiro atoms. The second kappa shape index (κ2) is 5.14. The third-order valence-corrected chi connectivity index (χ3v) is 2.97. The number of carbonyl (C=O) groups excluding carboxylic acids is 2. The fourth-order valence-electron chi connectivity index (χ4n) is 1.61. The highest BCUT2D eigenvalue weighted by Gasteiger charge is 2.27. The smallest absolute Gasteiger partial charge is 0.269 e. The predicted octanol–water partition coefficient (Wildman–Crippen LogP) is 0.684. The molecule has 0 aromatic heterocycles. The van der Waals surface area contributed by atoms with E-state index in [1.54, 1.807) is 31.2 Å². The Balaban J connectivity index is 2.04. The van der Waals surface area contributed by atoms with Gasteiger partial charge in [0.25, 0.3) is 5.91 Å². The molecule has 1 fully saturated rings. The molecule has 1 aliphatic rings. The summed E-state index contributed by atoms with van der Waals surface area (Å²) in [5.74, 6) is -0.584. The topological polar surface area (TPSA) is 61.4 Å². The maximum absolute atomic E-state index is 11.9. The molecule has 18 heavy (non-hydrogen) atoms. The second-order valence-electron chi connectivity index (χ2n) is 4.11. The van der Waals surface area contributed by atoms with Crippen molar-refractivity contribution in [2.24, 2.45) is 5.92 Å². The molecule has 1 heterocycles. The SMILES string of the molecule is C[C@H]1CN(NC(=O)c2ccccc2)C(=S)NC1=O. The van der Waals surface area contributed by atoms with Crippen LogP contribution in [0.2, 0.25) is 0 Å². The van der Waals surface area contributed by atoms with Crippen LogP contribution in [0.25, 0.3) is 0 Å². The minimum atomic E-state index is -0.249. The van der Waals surface area contributed by atoms with E-state index in [-0.39, 0.29) is 22.8 Å². The van der Waals surface area contributed by atoms with E-state index < -0.39 is 0 Å². The van der Waals surface area contributed by atoms with E-state index >= 15 is 0 Å². The third-order valence-electron chi connectivity index (χ3n) is 2.65. The molecule has 1 atom stereocenters. The molecule has 5 nitrogen and oxygen atoms in total. The van der Waals surface area contributed by atoms with Crippen LogP contribution in [-0.4, -0.2) is 28.5 Å². The van der Waals surface area contributed by atoms with Gasteiger partial charge < -0.3 is 5.32 Å². The molecule has 1 saturated heterocycles. The van der Waals surface area contributed by atoms with Crippen LogP contribution in [0.15, 0.2) is 30.3 Å². The molecule has 0 unspecified atom stereocenters. The summed E-state index contributed by atoms with van der Waals surface area (Å²) in [5.41, 5.74) is 3.22. The number of carbonyl (C=O) groups is 2. The summed E-state index contributed by atoms with van der Waals surface area (Å²) in [5, 5.41) is 4.25. The monoisotopic (exact) mass is 263 g/mol. The van der Waals surface area contributed by atoms with Gasteiger partial charge in [0.05, 0.1) is 12.5 Å². The molecule has 2 N–H and O–H groups in total. The Morgan fingerprint density at radius 2 is 2.11 bits per heavy atom. The van der Waals surface area contributed by atoms with Crippen molar-refractivity contribution in [3.8, 4) is 0 Å². The molecule has 0 saturated carbocycles. The van der Waals surface area contributed by atoms with E-state index in [4.69, 9.17) is 12.2 Å². The molecule has 2 amide bonds. The van der Waals surface area contributed by atoms with Crippen molar-refractivity contribution in [2.75, 3.05) is 6.54 Å². The fraction of sp³-hybridized carbons (Fsp3) is 0.250. The Morgan fingerprint density at radius 1 is 1.44 bits per heavy atom. The first-order valence-corrected chi connectivity index (χ1v) is 5.97. The van der Waals surface area contributed by atoms with E-state index in [0.717, 1.165) is 0 Å². The standard InChI is InChI=1S/C12H13N3O2S/c1-8-7-15(12(18)13-10(8)16)14-11(17)9-5-3-2-4-6-9/h2-6,8H,7H2,1H3,(H,14,17)(H,13,16,18)/t8-/m0/s1. The number of hydrazine groups is 1. The van der Waals surface area contributed by atoms with Crippen molar-refractivity contribution < 1.29 is 9.59 Å². The number of nitrogens with one attached hydrogen (secondary N) is 2. The van der Waals surface area contributed by atoms with Crippen LogP contribution in [0, 0.1) is 5.92 Å². The van der Waals surface area contributed by atoms with E-state index in [1.165, 1.54) is 5.01 Å². The van der Waals surface area contributed by atoms with Crippen molar-refractivity contribution in [3.05, 3.63) is 35.9 Å². The molecule has 6 heteroatoms. The largest absolute Gasteiger partial charge is 0.301 e. The Morgan fingerprint density at radius 3 is 2.78 bits per heavy atom. The van der Waals surface area contributed by atoms with Gasteiger partial charge in [-0.25, -0.2) is 0 Å². The number of rotatable bonds is 2. The highest BCUT2D eigenvalue weighted by Crippen LogP contribution is 2.06. The maximum atomic E-state index is 11.9. The number of benzene rings is 1. The molecule has 1 aliphatic heterocycles. The molecule has 0 bridgehead atoms.